The highest BCUT2D eigenvalue weighted by atomic mass is 35.5. The number of anilines is 2. The maximum Gasteiger partial charge on any atom is 0.0945 e. The molecular formula is C18H16ClN3S. The highest BCUT2D eigenvalue weighted by Crippen LogP contribution is 2.48. The van der Waals surface area contributed by atoms with Gasteiger partial charge >= 0.3 is 0 Å². The zero-order chi connectivity index (χ0) is 15.6. The number of nitrogens with zero attached hydrogens (tertiary/aromatic N) is 3. The van der Waals surface area contributed by atoms with Crippen molar-refractivity contribution in [1.82, 2.24) is 9.55 Å². The van der Waals surface area contributed by atoms with Crippen LogP contribution in [-0.4, -0.2) is 16.1 Å². The minimum absolute atomic E-state index is 0.781. The molecule has 0 unspecified atom stereocenters. The van der Waals surface area contributed by atoms with Gasteiger partial charge in [-0.25, -0.2) is 4.98 Å². The summed E-state index contributed by atoms with van der Waals surface area (Å²) in [6.45, 7) is 1.91. The number of halogens is 1. The summed E-state index contributed by atoms with van der Waals surface area (Å²) in [5.41, 5.74) is 2.46. The average Bonchev–Trinajstić information content (AvgIpc) is 3.08. The van der Waals surface area contributed by atoms with E-state index >= 15 is 0 Å². The zero-order valence-corrected chi connectivity index (χ0v) is 14.1. The third-order valence-electron chi connectivity index (χ3n) is 3.94. The standard InChI is InChI=1S/C18H16ClN3S/c19-14-6-7-18-16(12-14)22(10-3-9-21-11-8-20-13-21)15-4-1-2-5-17(15)23-18/h1-2,4-8,11-13H,3,9-10H2. The number of rotatable bonds is 4. The molecule has 0 spiro atoms. The molecule has 0 amide bonds. The lowest BCUT2D eigenvalue weighted by atomic mass is 10.2. The van der Waals surface area contributed by atoms with Crippen molar-refractivity contribution in [3.63, 3.8) is 0 Å². The van der Waals surface area contributed by atoms with Crippen molar-refractivity contribution in [3.05, 3.63) is 66.2 Å². The van der Waals surface area contributed by atoms with Crippen LogP contribution in [0.15, 0.2) is 71.0 Å². The molecule has 0 atom stereocenters. The van der Waals surface area contributed by atoms with Crippen molar-refractivity contribution < 1.29 is 0 Å². The first kappa shape index (κ1) is 14.7. The molecule has 0 saturated heterocycles. The van der Waals surface area contributed by atoms with E-state index in [1.54, 1.807) is 0 Å². The van der Waals surface area contributed by atoms with Gasteiger partial charge in [0.2, 0.25) is 0 Å². The molecule has 0 saturated carbocycles. The molecule has 2 aromatic carbocycles. The number of imidazole rings is 1. The van der Waals surface area contributed by atoms with Gasteiger partial charge in [0.1, 0.15) is 0 Å². The van der Waals surface area contributed by atoms with Gasteiger partial charge in [-0.2, -0.15) is 0 Å². The van der Waals surface area contributed by atoms with Crippen molar-refractivity contribution in [2.45, 2.75) is 22.8 Å². The maximum atomic E-state index is 6.24. The fourth-order valence-corrected chi connectivity index (χ4v) is 4.12. The van der Waals surface area contributed by atoms with Crippen LogP contribution in [0.5, 0.6) is 0 Å². The number of hydrogen-bond donors (Lipinski definition) is 0. The molecule has 116 valence electrons. The van der Waals surface area contributed by atoms with E-state index in [4.69, 9.17) is 11.6 Å². The van der Waals surface area contributed by atoms with Crippen LogP contribution >= 0.6 is 23.4 Å². The molecule has 3 nitrogen and oxygen atoms in total. The Morgan fingerprint density at radius 2 is 1.87 bits per heavy atom. The molecule has 0 aliphatic carbocycles. The molecule has 0 fully saturated rings. The second-order valence-electron chi connectivity index (χ2n) is 5.49. The van der Waals surface area contributed by atoms with E-state index in [2.05, 4.69) is 50.8 Å². The number of fused-ring (bicyclic) bond motifs is 2. The number of aryl methyl sites for hydroxylation is 1. The van der Waals surface area contributed by atoms with Gasteiger partial charge in [-0.3, -0.25) is 0 Å². The molecule has 1 aromatic heterocycles. The van der Waals surface area contributed by atoms with Gasteiger partial charge in [-0.05, 0) is 36.8 Å². The number of benzene rings is 2. The first-order chi connectivity index (χ1) is 11.3. The predicted octanol–water partition coefficient (Wildman–Crippen LogP) is 5.23. The van der Waals surface area contributed by atoms with Crippen LogP contribution in [-0.2, 0) is 6.54 Å². The number of hydrogen-bond acceptors (Lipinski definition) is 3. The van der Waals surface area contributed by atoms with Gasteiger partial charge in [-0.15, -0.1) is 0 Å². The van der Waals surface area contributed by atoms with Crippen molar-refractivity contribution in [2.75, 3.05) is 11.4 Å². The number of aromatic nitrogens is 2. The summed E-state index contributed by atoms with van der Waals surface area (Å²) >= 11 is 8.05. The maximum absolute atomic E-state index is 6.24. The second-order valence-corrected chi connectivity index (χ2v) is 7.01. The number of para-hydroxylation sites is 1. The van der Waals surface area contributed by atoms with Gasteiger partial charge in [0.05, 0.1) is 17.7 Å². The Bertz CT molecular complexity index is 817. The lowest BCUT2D eigenvalue weighted by Gasteiger charge is -2.33. The molecule has 0 radical (unpaired) electrons. The van der Waals surface area contributed by atoms with E-state index in [0.717, 1.165) is 24.5 Å². The highest BCUT2D eigenvalue weighted by Gasteiger charge is 2.22. The van der Waals surface area contributed by atoms with Gasteiger partial charge < -0.3 is 9.47 Å². The third-order valence-corrected chi connectivity index (χ3v) is 5.31. The Morgan fingerprint density at radius 1 is 1.00 bits per heavy atom. The average molecular weight is 342 g/mol. The zero-order valence-electron chi connectivity index (χ0n) is 12.5. The lowest BCUT2D eigenvalue weighted by molar-refractivity contribution is 0.642. The summed E-state index contributed by atoms with van der Waals surface area (Å²) in [4.78, 5) is 9.03. The molecule has 3 aromatic rings. The molecule has 4 rings (SSSR count). The Balaban J connectivity index is 1.63. The fourth-order valence-electron chi connectivity index (χ4n) is 2.87. The largest absolute Gasteiger partial charge is 0.340 e. The Hall–Kier alpha value is -1.91. The first-order valence-electron chi connectivity index (χ1n) is 7.61. The van der Waals surface area contributed by atoms with E-state index in [-0.39, 0.29) is 0 Å². The summed E-state index contributed by atoms with van der Waals surface area (Å²) in [5.74, 6) is 0. The molecule has 23 heavy (non-hydrogen) atoms. The van der Waals surface area contributed by atoms with Gasteiger partial charge in [-0.1, -0.05) is 35.5 Å². The lowest BCUT2D eigenvalue weighted by Crippen LogP contribution is -2.22. The minimum Gasteiger partial charge on any atom is -0.340 e. The SMILES string of the molecule is Clc1ccc2c(c1)N(CCCn1ccnc1)c1ccccc1S2. The van der Waals surface area contributed by atoms with Crippen LogP contribution < -0.4 is 4.90 Å². The molecule has 1 aliphatic rings. The second kappa shape index (κ2) is 6.30. The summed E-state index contributed by atoms with van der Waals surface area (Å²) < 4.78 is 2.11. The van der Waals surface area contributed by atoms with Crippen molar-refractivity contribution in [1.29, 1.82) is 0 Å². The van der Waals surface area contributed by atoms with Crippen molar-refractivity contribution in [2.24, 2.45) is 0 Å². The summed E-state index contributed by atoms with van der Waals surface area (Å²) in [6.07, 6.45) is 6.73. The van der Waals surface area contributed by atoms with Crippen LogP contribution in [0.25, 0.3) is 0 Å². The van der Waals surface area contributed by atoms with Gasteiger partial charge in [0.15, 0.2) is 0 Å². The summed E-state index contributed by atoms with van der Waals surface area (Å²) in [5, 5.41) is 0.781. The van der Waals surface area contributed by atoms with E-state index in [1.807, 2.05) is 36.5 Å². The van der Waals surface area contributed by atoms with Crippen LogP contribution in [0.3, 0.4) is 0 Å². The van der Waals surface area contributed by atoms with Crippen LogP contribution in [0.2, 0.25) is 5.02 Å². The topological polar surface area (TPSA) is 21.1 Å². The minimum atomic E-state index is 0.781. The Labute approximate surface area is 144 Å². The monoisotopic (exact) mass is 341 g/mol. The van der Waals surface area contributed by atoms with Crippen molar-refractivity contribution >= 4 is 34.7 Å². The summed E-state index contributed by atoms with van der Waals surface area (Å²) in [6, 6.07) is 14.7. The molecule has 2 heterocycles. The van der Waals surface area contributed by atoms with E-state index in [1.165, 1.54) is 21.2 Å². The Kier molecular flexibility index (Phi) is 4.02. The third kappa shape index (κ3) is 2.96. The van der Waals surface area contributed by atoms with E-state index < -0.39 is 0 Å². The van der Waals surface area contributed by atoms with E-state index in [0.29, 0.717) is 0 Å². The predicted molar refractivity (Wildman–Crippen MR) is 95.9 cm³/mol. The molecular weight excluding hydrogens is 326 g/mol. The van der Waals surface area contributed by atoms with Crippen molar-refractivity contribution in [3.8, 4) is 0 Å². The fraction of sp³-hybridized carbons (Fsp3) is 0.167. The van der Waals surface area contributed by atoms with Gasteiger partial charge in [0, 0.05) is 40.3 Å². The van der Waals surface area contributed by atoms with E-state index in [9.17, 15) is 0 Å². The Morgan fingerprint density at radius 3 is 2.74 bits per heavy atom. The first-order valence-corrected chi connectivity index (χ1v) is 8.80. The van der Waals surface area contributed by atoms with Crippen LogP contribution in [0.1, 0.15) is 6.42 Å². The smallest absolute Gasteiger partial charge is 0.0945 e. The normalized spacial score (nSPS) is 12.8. The van der Waals surface area contributed by atoms with Crippen LogP contribution in [0, 0.1) is 0 Å². The molecule has 0 bridgehead atoms. The molecule has 0 N–H and O–H groups in total. The quantitative estimate of drug-likeness (QED) is 0.648. The highest BCUT2D eigenvalue weighted by molar-refractivity contribution is 7.99. The van der Waals surface area contributed by atoms with Gasteiger partial charge in [0.25, 0.3) is 0 Å². The summed E-state index contributed by atoms with van der Waals surface area (Å²) in [7, 11) is 0. The van der Waals surface area contributed by atoms with Crippen LogP contribution in [0.4, 0.5) is 11.4 Å². The molecule has 5 heteroatoms. The molecule has 1 aliphatic heterocycles.